The zero-order valence-electron chi connectivity index (χ0n) is 32.4. The Morgan fingerprint density at radius 1 is 1.05 bits per heavy atom. The summed E-state index contributed by atoms with van der Waals surface area (Å²) in [5, 5.41) is 20.3. The minimum Gasteiger partial charge on any atom is -0.385 e. The van der Waals surface area contributed by atoms with Crippen LogP contribution in [0.4, 0.5) is 36.2 Å². The highest BCUT2D eigenvalue weighted by molar-refractivity contribution is 6.00. The van der Waals surface area contributed by atoms with Gasteiger partial charge in [0, 0.05) is 55.2 Å². The second-order valence-electron chi connectivity index (χ2n) is 14.6. The largest absolute Gasteiger partial charge is 0.417 e. The average Bonchev–Trinajstić information content (AvgIpc) is 3.92. The predicted molar refractivity (Wildman–Crippen MR) is 214 cm³/mol. The fourth-order valence-corrected chi connectivity index (χ4v) is 6.93. The van der Waals surface area contributed by atoms with E-state index in [1.807, 2.05) is 54.9 Å². The van der Waals surface area contributed by atoms with E-state index in [9.17, 15) is 28.0 Å². The Morgan fingerprint density at radius 2 is 1.86 bits per heavy atom. The van der Waals surface area contributed by atoms with E-state index >= 15 is 0 Å². The average molecular weight is 792 g/mol. The van der Waals surface area contributed by atoms with E-state index in [1.165, 1.54) is 12.1 Å². The number of nitrogens with zero attached hydrogens (tertiary/aromatic N) is 9. The molecular weight excluding hydrogens is 748 g/mol. The zero-order chi connectivity index (χ0) is 40.8. The van der Waals surface area contributed by atoms with Gasteiger partial charge in [0.05, 0.1) is 42.2 Å². The summed E-state index contributed by atoms with van der Waals surface area (Å²) in [5.41, 5.74) is 3.69. The van der Waals surface area contributed by atoms with Crippen LogP contribution in [-0.2, 0) is 28.7 Å². The second kappa shape index (κ2) is 17.4. The molecule has 0 atom stereocenters. The molecule has 1 saturated carbocycles. The van der Waals surface area contributed by atoms with Crippen LogP contribution in [0, 0.1) is 24.2 Å². The number of hydrogen-bond donors (Lipinski definition) is 2. The number of ketones is 1. The molecule has 1 aliphatic heterocycles. The van der Waals surface area contributed by atoms with Gasteiger partial charge in [-0.3, -0.25) is 19.2 Å². The van der Waals surface area contributed by atoms with Crippen molar-refractivity contribution in [1.29, 1.82) is 5.26 Å². The number of anilines is 4. The van der Waals surface area contributed by atoms with Crippen molar-refractivity contribution in [3.8, 4) is 28.8 Å². The number of Topliss-reactive ketones (excluding diaryl/α,β-unsaturated/α-hetero) is 1. The summed E-state index contributed by atoms with van der Waals surface area (Å²) < 4.78 is 42.7. The summed E-state index contributed by atoms with van der Waals surface area (Å²) in [4.78, 5) is 47.2. The van der Waals surface area contributed by atoms with Crippen LogP contribution in [0.15, 0.2) is 67.1 Å². The second-order valence-corrected chi connectivity index (χ2v) is 14.6. The third kappa shape index (κ3) is 9.59. The van der Waals surface area contributed by atoms with Crippen molar-refractivity contribution >= 4 is 34.7 Å². The lowest BCUT2D eigenvalue weighted by molar-refractivity contribution is -0.137. The quantitative estimate of drug-likeness (QED) is 0.0928. The van der Waals surface area contributed by atoms with E-state index < -0.39 is 17.3 Å². The maximum atomic E-state index is 13.6. The number of alkyl halides is 3. The molecule has 4 heterocycles. The Bertz CT molecular complexity index is 2320. The Balaban J connectivity index is 0.848. The number of carbonyl (C=O) groups is 2. The van der Waals surface area contributed by atoms with Crippen molar-refractivity contribution in [2.75, 3.05) is 53.2 Å². The number of hydrogen-bond acceptors (Lipinski definition) is 11. The van der Waals surface area contributed by atoms with Gasteiger partial charge in [0.15, 0.2) is 23.2 Å². The zero-order valence-corrected chi connectivity index (χ0v) is 32.4. The summed E-state index contributed by atoms with van der Waals surface area (Å²) in [7, 11) is 0. The van der Waals surface area contributed by atoms with E-state index in [2.05, 4.69) is 25.7 Å². The van der Waals surface area contributed by atoms with Crippen molar-refractivity contribution < 1.29 is 22.8 Å². The number of rotatable bonds is 17. The third-order valence-electron chi connectivity index (χ3n) is 10.3. The lowest BCUT2D eigenvalue weighted by Gasteiger charge is -2.27. The molecule has 0 saturated heterocycles. The number of aromatic nitrogens is 6. The first-order valence-electron chi connectivity index (χ1n) is 19.5. The van der Waals surface area contributed by atoms with Gasteiger partial charge < -0.3 is 15.5 Å². The van der Waals surface area contributed by atoms with Crippen LogP contribution in [0.2, 0.25) is 0 Å². The van der Waals surface area contributed by atoms with Crippen LogP contribution >= 0.6 is 0 Å². The fourth-order valence-electron chi connectivity index (χ4n) is 6.93. The molecule has 2 N–H and O–H groups in total. The van der Waals surface area contributed by atoms with Crippen LogP contribution < -0.4 is 20.4 Å². The number of likely N-dealkylation sites (N-methyl/N-ethyl adjacent to an activating group) is 1. The van der Waals surface area contributed by atoms with Crippen molar-refractivity contribution in [2.45, 2.75) is 65.1 Å². The van der Waals surface area contributed by atoms with Crippen molar-refractivity contribution in [1.82, 2.24) is 29.7 Å². The van der Waals surface area contributed by atoms with Crippen molar-refractivity contribution in [3.05, 3.63) is 89.5 Å². The Labute approximate surface area is 334 Å². The van der Waals surface area contributed by atoms with Gasteiger partial charge in [-0.25, -0.2) is 19.9 Å². The maximum absolute atomic E-state index is 13.6. The molecule has 2 aliphatic rings. The molecule has 1 aliphatic carbocycles. The van der Waals surface area contributed by atoms with Gasteiger partial charge in [-0.05, 0) is 99.9 Å². The lowest BCUT2D eigenvalue weighted by Crippen LogP contribution is -2.40. The van der Waals surface area contributed by atoms with Crippen molar-refractivity contribution in [3.63, 3.8) is 0 Å². The molecule has 1 fully saturated rings. The molecule has 2 aromatic carbocycles. The molecule has 3 aromatic heterocycles. The molecule has 1 amide bonds. The van der Waals surface area contributed by atoms with Crippen LogP contribution in [0.25, 0.3) is 22.8 Å². The van der Waals surface area contributed by atoms with Gasteiger partial charge in [0.1, 0.15) is 12.0 Å². The first-order valence-corrected chi connectivity index (χ1v) is 19.5. The number of halogens is 3. The van der Waals surface area contributed by atoms with Crippen LogP contribution in [0.1, 0.15) is 61.4 Å². The number of unbranched alkanes of at least 4 members (excludes halogenated alkanes) is 1. The molecule has 16 heteroatoms. The molecule has 0 spiro atoms. The van der Waals surface area contributed by atoms with Crippen LogP contribution in [0.5, 0.6) is 0 Å². The highest BCUT2D eigenvalue weighted by atomic mass is 19.4. The number of amides is 1. The van der Waals surface area contributed by atoms with E-state index in [0.29, 0.717) is 66.5 Å². The minimum absolute atomic E-state index is 0.0210. The molecule has 0 bridgehead atoms. The monoisotopic (exact) mass is 791 g/mol. The summed E-state index contributed by atoms with van der Waals surface area (Å²) >= 11 is 0. The van der Waals surface area contributed by atoms with E-state index in [4.69, 9.17) is 9.97 Å². The minimum atomic E-state index is -4.66. The fraction of sp³-hybridized carbons (Fsp3) is 0.381. The standard InChI is InChI=1S/C42H44F3N11O2/c1-3-56-38(58)23-49-40-41(56)52-37(22-48-40)34-16-17-36(51-27(34)2)39-50-26-55(53-39)19-5-4-18-47-31-12-8-28(9-13-31)10-15-33(57)25-54(24-29-6-7-29)32-14-11-30(21-46)35(20-32)42(43,44)45/h8-9,11-14,16-17,20,22,26,29,47H,3-7,10,15,18-19,23-25H2,1-2H3,(H,48,49). The van der Waals surface area contributed by atoms with E-state index in [-0.39, 0.29) is 31.2 Å². The SMILES string of the molecule is CCN1C(=O)CNc2ncc(-c3ccc(-c4ncn(CCCCNc5ccc(CCC(=O)CN(CC6CC6)c6ccc(C#N)c(C(F)(F)F)c6)cc5)n4)nc3C)nc21. The van der Waals surface area contributed by atoms with Crippen molar-refractivity contribution in [2.24, 2.45) is 5.92 Å². The summed E-state index contributed by atoms with van der Waals surface area (Å²) in [6.45, 7) is 6.49. The van der Waals surface area contributed by atoms with Gasteiger partial charge >= 0.3 is 6.18 Å². The highest BCUT2D eigenvalue weighted by Crippen LogP contribution is 2.37. The molecule has 300 valence electrons. The molecule has 0 unspecified atom stereocenters. The van der Waals surface area contributed by atoms with Gasteiger partial charge in [-0.2, -0.15) is 18.4 Å². The Morgan fingerprint density at radius 3 is 2.59 bits per heavy atom. The topological polar surface area (TPSA) is 158 Å². The highest BCUT2D eigenvalue weighted by Gasteiger charge is 2.35. The summed E-state index contributed by atoms with van der Waals surface area (Å²) in [6.07, 6.45) is 3.28. The number of carbonyl (C=O) groups excluding carboxylic acids is 2. The number of nitriles is 1. The normalized spacial score (nSPS) is 13.8. The van der Waals surface area contributed by atoms with E-state index in [0.717, 1.165) is 60.8 Å². The number of pyridine rings is 1. The van der Waals surface area contributed by atoms with Crippen LogP contribution in [0.3, 0.4) is 0 Å². The molecule has 7 rings (SSSR count). The molecule has 58 heavy (non-hydrogen) atoms. The first-order chi connectivity index (χ1) is 28.0. The number of nitrogens with one attached hydrogen (secondary N) is 2. The molecule has 5 aromatic rings. The molecule has 13 nitrogen and oxygen atoms in total. The van der Waals surface area contributed by atoms with E-state index in [1.54, 1.807) is 28.4 Å². The third-order valence-corrected chi connectivity index (χ3v) is 10.3. The van der Waals surface area contributed by atoms with Gasteiger partial charge in [-0.1, -0.05) is 12.1 Å². The summed E-state index contributed by atoms with van der Waals surface area (Å²) in [6, 6.07) is 17.0. The smallest absolute Gasteiger partial charge is 0.385 e. The van der Waals surface area contributed by atoms with Gasteiger partial charge in [0.25, 0.3) is 0 Å². The Kier molecular flexibility index (Phi) is 12.0. The predicted octanol–water partition coefficient (Wildman–Crippen LogP) is 7.09. The number of benzene rings is 2. The molecule has 0 radical (unpaired) electrons. The maximum Gasteiger partial charge on any atom is 0.417 e. The van der Waals surface area contributed by atoms with Crippen LogP contribution in [-0.4, -0.2) is 74.1 Å². The Hall–Kier alpha value is -6.37. The van der Waals surface area contributed by atoms with Gasteiger partial charge in [0.2, 0.25) is 5.91 Å². The molecular formula is C42H44F3N11O2. The lowest BCUT2D eigenvalue weighted by atomic mass is 10.0. The van der Waals surface area contributed by atoms with Gasteiger partial charge in [-0.15, -0.1) is 5.10 Å². The number of aryl methyl sites for hydroxylation is 3. The first kappa shape index (κ1) is 39.8. The summed E-state index contributed by atoms with van der Waals surface area (Å²) in [5.74, 6) is 1.88. The number of fused-ring (bicyclic) bond motifs is 1.